The molecule has 1 N–H and O–H groups in total. The number of anilines is 3. The Hall–Kier alpha value is -3.58. The minimum Gasteiger partial charge on any atom is -0.489 e. The number of rotatable bonds is 7. The summed E-state index contributed by atoms with van der Waals surface area (Å²) in [6.45, 7) is 5.02. The van der Waals surface area contributed by atoms with E-state index in [1.165, 1.54) is 0 Å². The van der Waals surface area contributed by atoms with Crippen molar-refractivity contribution in [1.82, 2.24) is 15.0 Å². The molecule has 0 aliphatic carbocycles. The van der Waals surface area contributed by atoms with Gasteiger partial charge in [-0.25, -0.2) is 9.97 Å². The van der Waals surface area contributed by atoms with E-state index < -0.39 is 0 Å². The van der Waals surface area contributed by atoms with Crippen molar-refractivity contribution in [3.05, 3.63) is 71.8 Å². The Morgan fingerprint density at radius 2 is 2.06 bits per heavy atom. The number of hydrogen-bond donors (Lipinski definition) is 1. The third-order valence-corrected chi connectivity index (χ3v) is 5.77. The average molecular weight is 462 g/mol. The quantitative estimate of drug-likeness (QED) is 0.383. The van der Waals surface area contributed by atoms with Gasteiger partial charge in [0.1, 0.15) is 31.1 Å². The second-order valence-corrected chi connectivity index (χ2v) is 8.15. The predicted octanol–water partition coefficient (Wildman–Crippen LogP) is 5.61. The van der Waals surface area contributed by atoms with E-state index in [2.05, 4.69) is 38.2 Å². The first-order valence-corrected chi connectivity index (χ1v) is 11.4. The van der Waals surface area contributed by atoms with E-state index in [1.807, 2.05) is 42.5 Å². The molecule has 8 heteroatoms. The van der Waals surface area contributed by atoms with Crippen molar-refractivity contribution in [2.24, 2.45) is 0 Å². The first-order chi connectivity index (χ1) is 16.2. The first kappa shape index (κ1) is 21.3. The molecular weight excluding hydrogens is 438 g/mol. The second kappa shape index (κ2) is 9.50. The molecule has 1 aliphatic heterocycles. The number of halogens is 1. The van der Waals surface area contributed by atoms with Gasteiger partial charge >= 0.3 is 0 Å². The molecule has 168 valence electrons. The summed E-state index contributed by atoms with van der Waals surface area (Å²) in [7, 11) is 0. The molecule has 0 saturated heterocycles. The lowest BCUT2D eigenvalue weighted by Crippen LogP contribution is -2.33. The molecule has 1 aliphatic rings. The van der Waals surface area contributed by atoms with Gasteiger partial charge < -0.3 is 19.7 Å². The van der Waals surface area contributed by atoms with E-state index in [0.717, 1.165) is 53.2 Å². The van der Waals surface area contributed by atoms with Crippen LogP contribution < -0.4 is 19.7 Å². The number of ether oxygens (including phenoxy) is 2. The maximum absolute atomic E-state index is 6.50. The summed E-state index contributed by atoms with van der Waals surface area (Å²) in [6, 6.07) is 15.4. The number of nitrogens with zero attached hydrogens (tertiary/aromatic N) is 4. The van der Waals surface area contributed by atoms with Crippen molar-refractivity contribution in [2.75, 3.05) is 29.9 Å². The second-order valence-electron chi connectivity index (χ2n) is 7.75. The summed E-state index contributed by atoms with van der Waals surface area (Å²) in [5, 5.41) is 4.75. The maximum Gasteiger partial charge on any atom is 0.155 e. The lowest BCUT2D eigenvalue weighted by Gasteiger charge is -2.31. The first-order valence-electron chi connectivity index (χ1n) is 11.0. The van der Waals surface area contributed by atoms with E-state index in [9.17, 15) is 0 Å². The van der Waals surface area contributed by atoms with Crippen molar-refractivity contribution >= 4 is 39.7 Å². The van der Waals surface area contributed by atoms with E-state index in [4.69, 9.17) is 21.1 Å². The molecule has 4 aromatic rings. The molecule has 0 saturated carbocycles. The summed E-state index contributed by atoms with van der Waals surface area (Å²) in [5.74, 6) is 2.08. The molecule has 7 nitrogen and oxygen atoms in total. The van der Waals surface area contributed by atoms with E-state index in [0.29, 0.717) is 29.8 Å². The number of pyridine rings is 1. The fourth-order valence-electron chi connectivity index (χ4n) is 3.95. The summed E-state index contributed by atoms with van der Waals surface area (Å²) in [6.07, 6.45) is 4.36. The van der Waals surface area contributed by atoms with Gasteiger partial charge in [0.15, 0.2) is 5.75 Å². The Kier molecular flexibility index (Phi) is 6.13. The number of nitrogens with one attached hydrogen (secondary N) is 1. The van der Waals surface area contributed by atoms with Crippen molar-refractivity contribution in [3.63, 3.8) is 0 Å². The van der Waals surface area contributed by atoms with Crippen LogP contribution >= 0.6 is 11.6 Å². The molecule has 0 spiro atoms. The van der Waals surface area contributed by atoms with Crippen molar-refractivity contribution in [3.8, 4) is 11.5 Å². The predicted molar refractivity (Wildman–Crippen MR) is 131 cm³/mol. The molecule has 3 heterocycles. The van der Waals surface area contributed by atoms with Crippen LogP contribution in [0.25, 0.3) is 10.9 Å². The molecule has 0 fully saturated rings. The van der Waals surface area contributed by atoms with Crippen LogP contribution in [0.15, 0.2) is 61.1 Å². The highest BCUT2D eigenvalue weighted by atomic mass is 35.5. The monoisotopic (exact) mass is 461 g/mol. The van der Waals surface area contributed by atoms with Crippen LogP contribution in [-0.2, 0) is 6.61 Å². The van der Waals surface area contributed by atoms with Crippen LogP contribution in [0.2, 0.25) is 5.02 Å². The summed E-state index contributed by atoms with van der Waals surface area (Å²) in [5.41, 5.74) is 3.53. The third kappa shape index (κ3) is 4.50. The number of fused-ring (bicyclic) bond motifs is 3. The summed E-state index contributed by atoms with van der Waals surface area (Å²) < 4.78 is 11.9. The molecular formula is C25H24ClN5O2. The van der Waals surface area contributed by atoms with Crippen LogP contribution in [0.4, 0.5) is 17.2 Å². The van der Waals surface area contributed by atoms with E-state index in [-0.39, 0.29) is 0 Å². The molecule has 5 rings (SSSR count). The maximum atomic E-state index is 6.50. The molecule has 0 amide bonds. The Morgan fingerprint density at radius 3 is 2.88 bits per heavy atom. The molecule has 33 heavy (non-hydrogen) atoms. The van der Waals surface area contributed by atoms with Gasteiger partial charge in [-0.3, -0.25) is 4.98 Å². The fraction of sp³-hybridized carbons (Fsp3) is 0.240. The third-order valence-electron chi connectivity index (χ3n) is 5.47. The zero-order chi connectivity index (χ0) is 22.6. The normalized spacial score (nSPS) is 12.8. The molecule has 0 atom stereocenters. The molecule has 0 unspecified atom stereocenters. The highest BCUT2D eigenvalue weighted by Gasteiger charge is 2.22. The lowest BCUT2D eigenvalue weighted by molar-refractivity contribution is 0.301. The minimum absolute atomic E-state index is 0.349. The molecule has 2 aromatic carbocycles. The smallest absolute Gasteiger partial charge is 0.155 e. The van der Waals surface area contributed by atoms with Gasteiger partial charge in [-0.2, -0.15) is 0 Å². The van der Waals surface area contributed by atoms with Gasteiger partial charge in [-0.05, 0) is 48.9 Å². The van der Waals surface area contributed by atoms with Crippen LogP contribution in [-0.4, -0.2) is 34.6 Å². The molecule has 2 aromatic heterocycles. The largest absolute Gasteiger partial charge is 0.489 e. The Morgan fingerprint density at radius 1 is 1.12 bits per heavy atom. The van der Waals surface area contributed by atoms with Crippen LogP contribution in [0.3, 0.4) is 0 Å². The van der Waals surface area contributed by atoms with Gasteiger partial charge in [-0.1, -0.05) is 24.6 Å². The minimum atomic E-state index is 0.349. The zero-order valence-corrected chi connectivity index (χ0v) is 19.0. The Balaban J connectivity index is 1.42. The van der Waals surface area contributed by atoms with Gasteiger partial charge in [0.25, 0.3) is 0 Å². The molecule has 0 radical (unpaired) electrons. The van der Waals surface area contributed by atoms with Gasteiger partial charge in [0.05, 0.1) is 33.9 Å². The Labute approximate surface area is 197 Å². The molecule has 0 bridgehead atoms. The highest BCUT2D eigenvalue weighted by Crippen LogP contribution is 2.41. The number of benzene rings is 2. The van der Waals surface area contributed by atoms with E-state index >= 15 is 0 Å². The SMILES string of the molecule is CCCN1CCOc2c1ccc1ncnc(Nc3ccc(OCc4ccccn4)c(Cl)c3)c21. The standard InChI is InChI=1S/C25H24ClN5O2/c1-2-11-31-12-13-32-24-21(31)8-7-20-23(24)25(29-16-28-20)30-17-6-9-22(19(26)14-17)33-15-18-5-3-4-10-27-18/h3-10,14,16H,2,11-13,15H2,1H3,(H,28,29,30). The average Bonchev–Trinajstić information content (AvgIpc) is 2.84. The summed E-state index contributed by atoms with van der Waals surface area (Å²) >= 11 is 6.50. The topological polar surface area (TPSA) is 72.4 Å². The van der Waals surface area contributed by atoms with E-state index in [1.54, 1.807) is 12.5 Å². The lowest BCUT2D eigenvalue weighted by atomic mass is 10.1. The van der Waals surface area contributed by atoms with Crippen molar-refractivity contribution < 1.29 is 9.47 Å². The zero-order valence-electron chi connectivity index (χ0n) is 18.3. The number of hydrogen-bond acceptors (Lipinski definition) is 7. The van der Waals surface area contributed by atoms with Gasteiger partial charge in [-0.15, -0.1) is 0 Å². The summed E-state index contributed by atoms with van der Waals surface area (Å²) in [4.78, 5) is 15.6. The van der Waals surface area contributed by atoms with Crippen molar-refractivity contribution in [1.29, 1.82) is 0 Å². The van der Waals surface area contributed by atoms with Crippen molar-refractivity contribution in [2.45, 2.75) is 20.0 Å². The van der Waals surface area contributed by atoms with Crippen LogP contribution in [0.1, 0.15) is 19.0 Å². The number of aromatic nitrogens is 3. The van der Waals surface area contributed by atoms with Gasteiger partial charge in [0.2, 0.25) is 0 Å². The van der Waals surface area contributed by atoms with Crippen LogP contribution in [0, 0.1) is 0 Å². The fourth-order valence-corrected chi connectivity index (χ4v) is 4.18. The Bertz CT molecular complexity index is 1270. The van der Waals surface area contributed by atoms with Gasteiger partial charge in [0, 0.05) is 18.4 Å². The van der Waals surface area contributed by atoms with Crippen LogP contribution in [0.5, 0.6) is 11.5 Å². The highest BCUT2D eigenvalue weighted by molar-refractivity contribution is 6.32.